The van der Waals surface area contributed by atoms with Crippen molar-refractivity contribution < 1.29 is 4.79 Å². The minimum Gasteiger partial charge on any atom is -0.314 e. The fraction of sp³-hybridized carbons (Fsp3) is 0.154. The van der Waals surface area contributed by atoms with E-state index in [1.54, 1.807) is 24.3 Å². The van der Waals surface area contributed by atoms with Crippen LogP contribution < -0.4 is 11.2 Å². The highest BCUT2D eigenvalue weighted by molar-refractivity contribution is 9.09. The van der Waals surface area contributed by atoms with E-state index in [1.807, 2.05) is 6.07 Å². The van der Waals surface area contributed by atoms with Crippen molar-refractivity contribution in [3.8, 4) is 0 Å². The summed E-state index contributed by atoms with van der Waals surface area (Å²) in [6.45, 7) is 0. The monoisotopic (exact) mass is 322 g/mol. The van der Waals surface area contributed by atoms with Crippen LogP contribution in [0.25, 0.3) is 0 Å². The standard InChI is InChI=1S/C13H11BrN2O3/c14-11(16-12(18)6-7-15-13(16)19)8-10(17)9-4-2-1-3-5-9/h1-7,11H,8H2,(H,15,19). The van der Waals surface area contributed by atoms with E-state index in [9.17, 15) is 14.4 Å². The fourth-order valence-corrected chi connectivity index (χ4v) is 2.37. The lowest BCUT2D eigenvalue weighted by Gasteiger charge is -2.10. The van der Waals surface area contributed by atoms with Crippen LogP contribution in [0, 0.1) is 0 Å². The molecule has 0 aliphatic heterocycles. The van der Waals surface area contributed by atoms with Gasteiger partial charge in [0.1, 0.15) is 4.95 Å². The van der Waals surface area contributed by atoms with Gasteiger partial charge in [0.15, 0.2) is 5.78 Å². The Morgan fingerprint density at radius 3 is 2.53 bits per heavy atom. The van der Waals surface area contributed by atoms with Gasteiger partial charge in [0, 0.05) is 24.2 Å². The number of nitrogens with zero attached hydrogens (tertiary/aromatic N) is 1. The maximum atomic E-state index is 12.0. The van der Waals surface area contributed by atoms with Crippen LogP contribution in [0.1, 0.15) is 21.7 Å². The van der Waals surface area contributed by atoms with Gasteiger partial charge in [0.25, 0.3) is 5.56 Å². The number of aromatic amines is 1. The average molecular weight is 323 g/mol. The van der Waals surface area contributed by atoms with Crippen molar-refractivity contribution in [2.24, 2.45) is 0 Å². The van der Waals surface area contributed by atoms with Gasteiger partial charge in [0.2, 0.25) is 0 Å². The summed E-state index contributed by atoms with van der Waals surface area (Å²) in [6.07, 6.45) is 1.30. The summed E-state index contributed by atoms with van der Waals surface area (Å²) in [5, 5.41) is 0. The number of aromatic nitrogens is 2. The number of halogens is 1. The van der Waals surface area contributed by atoms with Crippen LogP contribution in [0.3, 0.4) is 0 Å². The van der Waals surface area contributed by atoms with E-state index < -0.39 is 16.2 Å². The molecule has 6 heteroatoms. The van der Waals surface area contributed by atoms with E-state index in [1.165, 1.54) is 12.3 Å². The van der Waals surface area contributed by atoms with Crippen LogP contribution in [0.4, 0.5) is 0 Å². The van der Waals surface area contributed by atoms with E-state index >= 15 is 0 Å². The molecule has 5 nitrogen and oxygen atoms in total. The normalized spacial score (nSPS) is 12.1. The van der Waals surface area contributed by atoms with Crippen LogP contribution in [0.5, 0.6) is 0 Å². The second-order valence-corrected chi connectivity index (χ2v) is 4.98. The lowest BCUT2D eigenvalue weighted by atomic mass is 10.1. The Labute approximate surface area is 117 Å². The van der Waals surface area contributed by atoms with Gasteiger partial charge in [-0.15, -0.1) is 0 Å². The molecule has 1 heterocycles. The molecule has 2 rings (SSSR count). The Balaban J connectivity index is 2.23. The highest BCUT2D eigenvalue weighted by atomic mass is 79.9. The number of nitrogens with one attached hydrogen (secondary N) is 1. The SMILES string of the molecule is O=C(CC(Br)n1c(=O)cc[nH]c1=O)c1ccccc1. The Morgan fingerprint density at radius 2 is 1.89 bits per heavy atom. The van der Waals surface area contributed by atoms with Gasteiger partial charge in [-0.2, -0.15) is 0 Å². The highest BCUT2D eigenvalue weighted by Gasteiger charge is 2.16. The maximum Gasteiger partial charge on any atom is 0.329 e. The molecular formula is C13H11BrN2O3. The number of hydrogen-bond acceptors (Lipinski definition) is 3. The molecule has 0 aliphatic rings. The van der Waals surface area contributed by atoms with Crippen molar-refractivity contribution in [3.05, 3.63) is 69.0 Å². The number of alkyl halides is 1. The zero-order chi connectivity index (χ0) is 13.8. The van der Waals surface area contributed by atoms with Gasteiger partial charge < -0.3 is 4.98 Å². The minimum absolute atomic E-state index is 0.0248. The Hall–Kier alpha value is -1.95. The van der Waals surface area contributed by atoms with Gasteiger partial charge in [-0.05, 0) is 0 Å². The van der Waals surface area contributed by atoms with Crippen LogP contribution in [-0.2, 0) is 0 Å². The average Bonchev–Trinajstić information content (AvgIpc) is 2.39. The first kappa shape index (κ1) is 13.5. The topological polar surface area (TPSA) is 71.9 Å². The van der Waals surface area contributed by atoms with Gasteiger partial charge in [-0.25, -0.2) is 9.36 Å². The Bertz CT molecular complexity index is 663. The molecule has 0 aliphatic carbocycles. The summed E-state index contributed by atoms with van der Waals surface area (Å²) >= 11 is 3.21. The number of hydrogen-bond donors (Lipinski definition) is 1. The number of ketones is 1. The van der Waals surface area contributed by atoms with Crippen LogP contribution >= 0.6 is 15.9 Å². The molecule has 98 valence electrons. The van der Waals surface area contributed by atoms with Crippen LogP contribution in [-0.4, -0.2) is 15.3 Å². The number of rotatable bonds is 4. The van der Waals surface area contributed by atoms with Gasteiger partial charge in [-0.3, -0.25) is 9.59 Å². The van der Waals surface area contributed by atoms with Crippen LogP contribution in [0.2, 0.25) is 0 Å². The van der Waals surface area contributed by atoms with Crippen molar-refractivity contribution in [1.29, 1.82) is 0 Å². The molecular weight excluding hydrogens is 312 g/mol. The molecule has 0 spiro atoms. The summed E-state index contributed by atoms with van der Waals surface area (Å²) in [5.41, 5.74) is -0.450. The van der Waals surface area contributed by atoms with Crippen molar-refractivity contribution in [2.45, 2.75) is 11.4 Å². The Morgan fingerprint density at radius 1 is 1.21 bits per heavy atom. The quantitative estimate of drug-likeness (QED) is 0.688. The van der Waals surface area contributed by atoms with Crippen molar-refractivity contribution >= 4 is 21.7 Å². The lowest BCUT2D eigenvalue weighted by molar-refractivity contribution is 0.0976. The zero-order valence-corrected chi connectivity index (χ0v) is 11.5. The minimum atomic E-state index is -0.669. The summed E-state index contributed by atoms with van der Waals surface area (Å²) in [7, 11) is 0. The fourth-order valence-electron chi connectivity index (χ4n) is 1.69. The van der Waals surface area contributed by atoms with E-state index in [2.05, 4.69) is 20.9 Å². The number of benzene rings is 1. The molecule has 0 bridgehead atoms. The Kier molecular flexibility index (Phi) is 4.11. The third-order valence-corrected chi connectivity index (χ3v) is 3.35. The summed E-state index contributed by atoms with van der Waals surface area (Å²) in [6, 6.07) is 9.97. The molecule has 0 saturated carbocycles. The highest BCUT2D eigenvalue weighted by Crippen LogP contribution is 2.18. The molecule has 1 unspecified atom stereocenters. The summed E-state index contributed by atoms with van der Waals surface area (Å²) in [5.74, 6) is -0.141. The smallest absolute Gasteiger partial charge is 0.314 e. The molecule has 0 saturated heterocycles. The predicted octanol–water partition coefficient (Wildman–Crippen LogP) is 1.70. The second kappa shape index (κ2) is 5.79. The van der Waals surface area contributed by atoms with Crippen molar-refractivity contribution in [3.63, 3.8) is 0 Å². The van der Waals surface area contributed by atoms with Gasteiger partial charge in [0.05, 0.1) is 0 Å². The molecule has 1 aromatic heterocycles. The number of carbonyl (C=O) groups excluding carboxylic acids is 1. The molecule has 0 fully saturated rings. The summed E-state index contributed by atoms with van der Waals surface area (Å²) in [4.78, 5) is 36.9. The number of H-pyrrole nitrogens is 1. The zero-order valence-electron chi connectivity index (χ0n) is 9.88. The maximum absolute atomic E-state index is 12.0. The molecule has 2 aromatic rings. The molecule has 0 radical (unpaired) electrons. The molecule has 1 N–H and O–H groups in total. The van der Waals surface area contributed by atoms with E-state index in [4.69, 9.17) is 0 Å². The molecule has 1 aromatic carbocycles. The number of carbonyl (C=O) groups is 1. The first-order valence-electron chi connectivity index (χ1n) is 5.62. The van der Waals surface area contributed by atoms with Gasteiger partial charge >= 0.3 is 5.69 Å². The van der Waals surface area contributed by atoms with E-state index in [0.29, 0.717) is 5.56 Å². The largest absolute Gasteiger partial charge is 0.329 e. The number of Topliss-reactive ketones (excluding diaryl/α,β-unsaturated/α-hetero) is 1. The van der Waals surface area contributed by atoms with Crippen LogP contribution in [0.15, 0.2) is 52.2 Å². The molecule has 19 heavy (non-hydrogen) atoms. The van der Waals surface area contributed by atoms with Crippen molar-refractivity contribution in [2.75, 3.05) is 0 Å². The van der Waals surface area contributed by atoms with Crippen molar-refractivity contribution in [1.82, 2.24) is 9.55 Å². The van der Waals surface area contributed by atoms with E-state index in [0.717, 1.165) is 4.57 Å². The first-order valence-corrected chi connectivity index (χ1v) is 6.53. The third kappa shape index (κ3) is 3.08. The third-order valence-electron chi connectivity index (χ3n) is 2.62. The molecule has 0 amide bonds. The second-order valence-electron chi connectivity index (χ2n) is 3.92. The summed E-state index contributed by atoms with van der Waals surface area (Å²) < 4.78 is 0.973. The molecule has 1 atom stereocenters. The first-order chi connectivity index (χ1) is 9.09. The van der Waals surface area contributed by atoms with Gasteiger partial charge in [-0.1, -0.05) is 46.3 Å². The lowest BCUT2D eigenvalue weighted by Crippen LogP contribution is -2.35. The van der Waals surface area contributed by atoms with E-state index in [-0.39, 0.29) is 12.2 Å². The predicted molar refractivity (Wildman–Crippen MR) is 74.7 cm³/mol.